The van der Waals surface area contributed by atoms with E-state index in [1.807, 2.05) is 4.90 Å². The van der Waals surface area contributed by atoms with Gasteiger partial charge in [0.2, 0.25) is 0 Å². The van der Waals surface area contributed by atoms with Crippen LogP contribution >= 0.6 is 0 Å². The van der Waals surface area contributed by atoms with Crippen LogP contribution in [0.5, 0.6) is 0 Å². The summed E-state index contributed by atoms with van der Waals surface area (Å²) in [6.07, 6.45) is 5.20. The molecule has 1 unspecified atom stereocenters. The largest absolute Gasteiger partial charge is 0.396 e. The number of likely N-dealkylation sites (tertiary alicyclic amines) is 2. The number of rotatable bonds is 2. The summed E-state index contributed by atoms with van der Waals surface area (Å²) < 4.78 is 1.57. The highest BCUT2D eigenvalue weighted by molar-refractivity contribution is 5.97. The average molecular weight is 263 g/mol. The van der Waals surface area contributed by atoms with Crippen LogP contribution in [-0.4, -0.2) is 57.7 Å². The number of hydrogen-bond acceptors (Lipinski definition) is 4. The molecule has 19 heavy (non-hydrogen) atoms. The highest BCUT2D eigenvalue weighted by Crippen LogP contribution is 2.23. The molecule has 6 heteroatoms. The summed E-state index contributed by atoms with van der Waals surface area (Å²) in [5, 5.41) is 4.04. The van der Waals surface area contributed by atoms with E-state index in [4.69, 9.17) is 5.73 Å². The quantitative estimate of drug-likeness (QED) is 0.834. The van der Waals surface area contributed by atoms with Crippen molar-refractivity contribution < 1.29 is 4.79 Å². The fourth-order valence-corrected chi connectivity index (χ4v) is 3.20. The third-order valence-electron chi connectivity index (χ3n) is 4.28. The average Bonchev–Trinajstić information content (AvgIpc) is 3.09. The minimum absolute atomic E-state index is 0.0131. The van der Waals surface area contributed by atoms with Crippen LogP contribution in [0.2, 0.25) is 0 Å². The first-order chi connectivity index (χ1) is 9.16. The molecule has 3 heterocycles. The Morgan fingerprint density at radius 1 is 1.37 bits per heavy atom. The molecule has 0 radical (unpaired) electrons. The van der Waals surface area contributed by atoms with E-state index in [-0.39, 0.29) is 5.91 Å². The second kappa shape index (κ2) is 4.85. The number of hydrogen-bond donors (Lipinski definition) is 1. The maximum Gasteiger partial charge on any atom is 0.274 e. The zero-order valence-corrected chi connectivity index (χ0v) is 11.4. The monoisotopic (exact) mass is 263 g/mol. The van der Waals surface area contributed by atoms with E-state index < -0.39 is 0 Å². The van der Waals surface area contributed by atoms with Gasteiger partial charge in [-0.1, -0.05) is 0 Å². The number of carbonyl (C=O) groups is 1. The summed E-state index contributed by atoms with van der Waals surface area (Å²) in [6.45, 7) is 4.01. The smallest absolute Gasteiger partial charge is 0.274 e. The van der Waals surface area contributed by atoms with Crippen molar-refractivity contribution in [2.24, 2.45) is 7.05 Å². The van der Waals surface area contributed by atoms with E-state index in [9.17, 15) is 4.79 Å². The van der Waals surface area contributed by atoms with Crippen LogP contribution in [0.25, 0.3) is 0 Å². The number of anilines is 1. The summed E-state index contributed by atoms with van der Waals surface area (Å²) in [6, 6.07) is 0.529. The van der Waals surface area contributed by atoms with E-state index in [2.05, 4.69) is 10.00 Å². The number of nitrogens with zero attached hydrogens (tertiary/aromatic N) is 4. The van der Waals surface area contributed by atoms with Gasteiger partial charge in [-0.25, -0.2) is 0 Å². The zero-order chi connectivity index (χ0) is 13.4. The molecule has 2 saturated heterocycles. The Morgan fingerprint density at radius 2 is 2.11 bits per heavy atom. The number of aromatic nitrogens is 2. The van der Waals surface area contributed by atoms with E-state index >= 15 is 0 Å². The van der Waals surface area contributed by atoms with Crippen LogP contribution in [0.4, 0.5) is 5.69 Å². The molecule has 1 amide bonds. The van der Waals surface area contributed by atoms with Gasteiger partial charge in [-0.2, -0.15) is 5.10 Å². The van der Waals surface area contributed by atoms with Gasteiger partial charge in [0, 0.05) is 26.2 Å². The number of nitrogen functional groups attached to an aromatic ring is 1. The van der Waals surface area contributed by atoms with Crippen molar-refractivity contribution in [2.45, 2.75) is 25.3 Å². The van der Waals surface area contributed by atoms with Crippen LogP contribution in [-0.2, 0) is 7.05 Å². The Hall–Kier alpha value is -1.56. The Labute approximate surface area is 113 Å². The summed E-state index contributed by atoms with van der Waals surface area (Å²) >= 11 is 0. The van der Waals surface area contributed by atoms with Crippen LogP contribution in [0.1, 0.15) is 29.8 Å². The molecule has 0 spiro atoms. The molecule has 0 saturated carbocycles. The summed E-state index contributed by atoms with van der Waals surface area (Å²) in [5.41, 5.74) is 6.81. The molecule has 1 aromatic rings. The third kappa shape index (κ3) is 2.20. The van der Waals surface area contributed by atoms with Crippen molar-refractivity contribution in [1.29, 1.82) is 0 Å². The Morgan fingerprint density at radius 3 is 2.74 bits per heavy atom. The molecule has 1 aromatic heterocycles. The van der Waals surface area contributed by atoms with Crippen LogP contribution in [0.15, 0.2) is 6.20 Å². The minimum atomic E-state index is 0.0131. The van der Waals surface area contributed by atoms with Gasteiger partial charge in [0.25, 0.3) is 5.91 Å². The van der Waals surface area contributed by atoms with Crippen LogP contribution < -0.4 is 5.73 Å². The number of nitrogens with two attached hydrogens (primary N) is 1. The molecule has 2 aliphatic heterocycles. The minimum Gasteiger partial charge on any atom is -0.396 e. The Balaban J connectivity index is 1.69. The fourth-order valence-electron chi connectivity index (χ4n) is 3.20. The number of amides is 1. The molecule has 6 nitrogen and oxygen atoms in total. The van der Waals surface area contributed by atoms with Gasteiger partial charge in [0.15, 0.2) is 0 Å². The lowest BCUT2D eigenvalue weighted by Crippen LogP contribution is -2.37. The first kappa shape index (κ1) is 12.5. The van der Waals surface area contributed by atoms with Gasteiger partial charge in [0.1, 0.15) is 5.69 Å². The van der Waals surface area contributed by atoms with Gasteiger partial charge < -0.3 is 10.6 Å². The van der Waals surface area contributed by atoms with Gasteiger partial charge in [-0.05, 0) is 32.4 Å². The van der Waals surface area contributed by atoms with Gasteiger partial charge in [-0.15, -0.1) is 0 Å². The molecular weight excluding hydrogens is 242 g/mol. The second-order valence-corrected chi connectivity index (χ2v) is 5.51. The SMILES string of the molecule is Cn1ncc(N)c1C(=O)N1CCC(N2CCCC2)C1. The van der Waals surface area contributed by atoms with E-state index in [1.54, 1.807) is 17.9 Å². The highest BCUT2D eigenvalue weighted by Gasteiger charge is 2.33. The second-order valence-electron chi connectivity index (χ2n) is 5.51. The van der Waals surface area contributed by atoms with Crippen molar-refractivity contribution in [1.82, 2.24) is 19.6 Å². The molecule has 0 aromatic carbocycles. The van der Waals surface area contributed by atoms with Crippen LogP contribution in [0, 0.1) is 0 Å². The molecule has 2 fully saturated rings. The molecule has 0 aliphatic carbocycles. The van der Waals surface area contributed by atoms with Crippen molar-refractivity contribution in [3.05, 3.63) is 11.9 Å². The molecular formula is C13H21N5O. The Bertz CT molecular complexity index is 458. The Kier molecular flexibility index (Phi) is 3.18. The third-order valence-corrected chi connectivity index (χ3v) is 4.28. The fraction of sp³-hybridized carbons (Fsp3) is 0.692. The van der Waals surface area contributed by atoms with Crippen LogP contribution in [0.3, 0.4) is 0 Å². The first-order valence-electron chi connectivity index (χ1n) is 6.97. The lowest BCUT2D eigenvalue weighted by molar-refractivity contribution is 0.0770. The first-order valence-corrected chi connectivity index (χ1v) is 6.97. The maximum absolute atomic E-state index is 12.5. The van der Waals surface area contributed by atoms with E-state index in [0.717, 1.165) is 19.5 Å². The van der Waals surface area contributed by atoms with Gasteiger partial charge >= 0.3 is 0 Å². The molecule has 0 bridgehead atoms. The summed E-state index contributed by atoms with van der Waals surface area (Å²) in [5.74, 6) is 0.0131. The normalized spacial score (nSPS) is 24.3. The number of aryl methyl sites for hydroxylation is 1. The molecule has 3 rings (SSSR count). The van der Waals surface area contributed by atoms with E-state index in [1.165, 1.54) is 25.9 Å². The zero-order valence-electron chi connectivity index (χ0n) is 11.4. The molecule has 2 aliphatic rings. The van der Waals surface area contributed by atoms with Crippen molar-refractivity contribution >= 4 is 11.6 Å². The van der Waals surface area contributed by atoms with E-state index in [0.29, 0.717) is 17.4 Å². The molecule has 1 atom stereocenters. The summed E-state index contributed by atoms with van der Waals surface area (Å²) in [4.78, 5) is 16.9. The van der Waals surface area contributed by atoms with Crippen molar-refractivity contribution in [2.75, 3.05) is 31.9 Å². The lowest BCUT2D eigenvalue weighted by atomic mass is 10.2. The predicted molar refractivity (Wildman–Crippen MR) is 72.7 cm³/mol. The van der Waals surface area contributed by atoms with Gasteiger partial charge in [0.05, 0.1) is 11.9 Å². The molecule has 2 N–H and O–H groups in total. The predicted octanol–water partition coefficient (Wildman–Crippen LogP) is 0.313. The topological polar surface area (TPSA) is 67.4 Å². The number of carbonyl (C=O) groups excluding carboxylic acids is 1. The van der Waals surface area contributed by atoms with Crippen molar-refractivity contribution in [3.8, 4) is 0 Å². The highest BCUT2D eigenvalue weighted by atomic mass is 16.2. The standard InChI is InChI=1S/C13H21N5O/c1-16-12(11(14)8-15-16)13(19)18-7-4-10(9-18)17-5-2-3-6-17/h8,10H,2-7,9,14H2,1H3. The van der Waals surface area contributed by atoms with Crippen molar-refractivity contribution in [3.63, 3.8) is 0 Å². The lowest BCUT2D eigenvalue weighted by Gasteiger charge is -2.23. The maximum atomic E-state index is 12.5. The molecule has 104 valence electrons. The van der Waals surface area contributed by atoms with Gasteiger partial charge in [-0.3, -0.25) is 14.4 Å². The summed E-state index contributed by atoms with van der Waals surface area (Å²) in [7, 11) is 1.76.